The minimum absolute atomic E-state index is 0.247. The van der Waals surface area contributed by atoms with Crippen LogP contribution in [0.4, 0.5) is 15.8 Å². The first-order valence-electron chi connectivity index (χ1n) is 8.22. The van der Waals surface area contributed by atoms with Crippen LogP contribution in [0.5, 0.6) is 0 Å². The second-order valence-electron chi connectivity index (χ2n) is 6.21. The predicted octanol–water partition coefficient (Wildman–Crippen LogP) is 3.45. The van der Waals surface area contributed by atoms with Gasteiger partial charge in [-0.2, -0.15) is 0 Å². The standard InChI is InChI=1S/C19H22FN3O/c1-13-4-6-16(20)10-15(13)12-22-17-11-14(19(21)24)5-7-18(17)23-8-2-3-9-23/h4-7,10-11,22H,2-3,8-9,12H2,1H3,(H2,21,24). The Labute approximate surface area is 141 Å². The Hall–Kier alpha value is -2.56. The number of benzene rings is 2. The van der Waals surface area contributed by atoms with Crippen LogP contribution in [0, 0.1) is 12.7 Å². The largest absolute Gasteiger partial charge is 0.379 e. The highest BCUT2D eigenvalue weighted by molar-refractivity contribution is 5.95. The summed E-state index contributed by atoms with van der Waals surface area (Å²) >= 11 is 0. The molecule has 3 rings (SSSR count). The summed E-state index contributed by atoms with van der Waals surface area (Å²) in [6, 6.07) is 10.2. The van der Waals surface area contributed by atoms with Crippen molar-refractivity contribution in [3.05, 3.63) is 58.9 Å². The fourth-order valence-electron chi connectivity index (χ4n) is 3.09. The summed E-state index contributed by atoms with van der Waals surface area (Å²) in [7, 11) is 0. The molecule has 24 heavy (non-hydrogen) atoms. The van der Waals surface area contributed by atoms with E-state index in [1.807, 2.05) is 13.0 Å². The first kappa shape index (κ1) is 16.3. The monoisotopic (exact) mass is 327 g/mol. The summed E-state index contributed by atoms with van der Waals surface area (Å²) < 4.78 is 13.5. The third-order valence-electron chi connectivity index (χ3n) is 4.51. The summed E-state index contributed by atoms with van der Waals surface area (Å²) in [6.45, 7) is 4.46. The highest BCUT2D eigenvalue weighted by atomic mass is 19.1. The topological polar surface area (TPSA) is 58.4 Å². The Bertz CT molecular complexity index is 754. The second-order valence-corrected chi connectivity index (χ2v) is 6.21. The number of carbonyl (C=O) groups is 1. The molecule has 0 bridgehead atoms. The van der Waals surface area contributed by atoms with E-state index in [-0.39, 0.29) is 5.82 Å². The predicted molar refractivity (Wildman–Crippen MR) is 94.9 cm³/mol. The van der Waals surface area contributed by atoms with Gasteiger partial charge in [-0.3, -0.25) is 4.79 Å². The van der Waals surface area contributed by atoms with Crippen LogP contribution < -0.4 is 16.0 Å². The van der Waals surface area contributed by atoms with Crippen molar-refractivity contribution in [2.45, 2.75) is 26.3 Å². The van der Waals surface area contributed by atoms with Crippen molar-refractivity contribution in [3.63, 3.8) is 0 Å². The number of nitrogens with two attached hydrogens (primary N) is 1. The quantitative estimate of drug-likeness (QED) is 0.884. The molecule has 1 saturated heterocycles. The summed E-state index contributed by atoms with van der Waals surface area (Å²) in [4.78, 5) is 13.8. The average molecular weight is 327 g/mol. The molecule has 1 fully saturated rings. The molecule has 0 unspecified atom stereocenters. The van der Waals surface area contributed by atoms with Crippen molar-refractivity contribution in [3.8, 4) is 0 Å². The molecule has 126 valence electrons. The van der Waals surface area contributed by atoms with E-state index in [4.69, 9.17) is 5.73 Å². The zero-order valence-electron chi connectivity index (χ0n) is 13.8. The molecule has 0 atom stereocenters. The minimum atomic E-state index is -0.451. The van der Waals surface area contributed by atoms with Gasteiger partial charge in [-0.15, -0.1) is 0 Å². The highest BCUT2D eigenvalue weighted by Gasteiger charge is 2.17. The average Bonchev–Trinajstić information content (AvgIpc) is 3.09. The third-order valence-corrected chi connectivity index (χ3v) is 4.51. The van der Waals surface area contributed by atoms with Gasteiger partial charge in [-0.1, -0.05) is 6.07 Å². The van der Waals surface area contributed by atoms with Crippen LogP contribution in [0.15, 0.2) is 36.4 Å². The molecule has 1 aliphatic heterocycles. The van der Waals surface area contributed by atoms with Gasteiger partial charge in [0.2, 0.25) is 5.91 Å². The fraction of sp³-hybridized carbons (Fsp3) is 0.316. The normalized spacial score (nSPS) is 14.0. The maximum Gasteiger partial charge on any atom is 0.248 e. The Morgan fingerprint density at radius 3 is 2.67 bits per heavy atom. The van der Waals surface area contributed by atoms with E-state index in [0.717, 1.165) is 35.6 Å². The van der Waals surface area contributed by atoms with E-state index >= 15 is 0 Å². The molecule has 4 nitrogen and oxygen atoms in total. The Kier molecular flexibility index (Phi) is 4.69. The number of primary amides is 1. The third kappa shape index (κ3) is 3.50. The van der Waals surface area contributed by atoms with Crippen molar-refractivity contribution < 1.29 is 9.18 Å². The van der Waals surface area contributed by atoms with E-state index in [1.165, 1.54) is 25.0 Å². The van der Waals surface area contributed by atoms with E-state index < -0.39 is 5.91 Å². The number of halogens is 1. The van der Waals surface area contributed by atoms with Crippen LogP contribution in [0.1, 0.15) is 34.3 Å². The lowest BCUT2D eigenvalue weighted by molar-refractivity contribution is 0.100. The van der Waals surface area contributed by atoms with Crippen LogP contribution in [0.25, 0.3) is 0 Å². The molecule has 0 aliphatic carbocycles. The Balaban J connectivity index is 1.87. The molecule has 1 heterocycles. The van der Waals surface area contributed by atoms with Crippen molar-refractivity contribution in [2.75, 3.05) is 23.3 Å². The van der Waals surface area contributed by atoms with Gasteiger partial charge in [-0.25, -0.2) is 4.39 Å². The number of rotatable bonds is 5. The second kappa shape index (κ2) is 6.91. The number of amides is 1. The molecule has 0 radical (unpaired) electrons. The lowest BCUT2D eigenvalue weighted by Crippen LogP contribution is -2.20. The van der Waals surface area contributed by atoms with Gasteiger partial charge in [0.05, 0.1) is 11.4 Å². The summed E-state index contributed by atoms with van der Waals surface area (Å²) in [5.41, 5.74) is 9.72. The number of hydrogen-bond donors (Lipinski definition) is 2. The van der Waals surface area contributed by atoms with E-state index in [0.29, 0.717) is 12.1 Å². The van der Waals surface area contributed by atoms with Crippen LogP contribution in [-0.4, -0.2) is 19.0 Å². The first-order chi connectivity index (χ1) is 11.5. The van der Waals surface area contributed by atoms with Crippen molar-refractivity contribution in [2.24, 2.45) is 5.73 Å². The Morgan fingerprint density at radius 2 is 1.96 bits per heavy atom. The molecule has 2 aromatic rings. The number of aryl methyl sites for hydroxylation is 1. The zero-order valence-corrected chi connectivity index (χ0v) is 13.8. The van der Waals surface area contributed by atoms with Gasteiger partial charge in [0.25, 0.3) is 0 Å². The van der Waals surface area contributed by atoms with Crippen molar-refractivity contribution in [1.82, 2.24) is 0 Å². The van der Waals surface area contributed by atoms with Gasteiger partial charge in [-0.05, 0) is 61.2 Å². The fourth-order valence-corrected chi connectivity index (χ4v) is 3.09. The van der Waals surface area contributed by atoms with E-state index in [1.54, 1.807) is 18.2 Å². The maximum atomic E-state index is 13.5. The molecule has 0 saturated carbocycles. The number of nitrogens with zero attached hydrogens (tertiary/aromatic N) is 1. The molecule has 1 amide bonds. The van der Waals surface area contributed by atoms with Crippen molar-refractivity contribution >= 4 is 17.3 Å². The van der Waals surface area contributed by atoms with Crippen LogP contribution in [0.3, 0.4) is 0 Å². The highest BCUT2D eigenvalue weighted by Crippen LogP contribution is 2.30. The smallest absolute Gasteiger partial charge is 0.248 e. The van der Waals surface area contributed by atoms with Gasteiger partial charge in [0.15, 0.2) is 0 Å². The Morgan fingerprint density at radius 1 is 1.21 bits per heavy atom. The van der Waals surface area contributed by atoms with Crippen LogP contribution in [0.2, 0.25) is 0 Å². The van der Waals surface area contributed by atoms with Gasteiger partial charge >= 0.3 is 0 Å². The molecular formula is C19H22FN3O. The summed E-state index contributed by atoms with van der Waals surface area (Å²) in [5, 5.41) is 3.35. The number of anilines is 2. The summed E-state index contributed by atoms with van der Waals surface area (Å²) in [6.07, 6.45) is 2.33. The minimum Gasteiger partial charge on any atom is -0.379 e. The van der Waals surface area contributed by atoms with Gasteiger partial charge < -0.3 is 16.0 Å². The molecule has 0 aromatic heterocycles. The molecule has 1 aliphatic rings. The lowest BCUT2D eigenvalue weighted by atomic mass is 10.1. The molecular weight excluding hydrogens is 305 g/mol. The van der Waals surface area contributed by atoms with E-state index in [2.05, 4.69) is 10.2 Å². The summed E-state index contributed by atoms with van der Waals surface area (Å²) in [5.74, 6) is -0.698. The van der Waals surface area contributed by atoms with Crippen molar-refractivity contribution in [1.29, 1.82) is 0 Å². The maximum absolute atomic E-state index is 13.5. The van der Waals surface area contributed by atoms with Crippen LogP contribution >= 0.6 is 0 Å². The number of nitrogens with one attached hydrogen (secondary N) is 1. The van der Waals surface area contributed by atoms with Crippen LogP contribution in [-0.2, 0) is 6.54 Å². The number of carbonyl (C=O) groups excluding carboxylic acids is 1. The van der Waals surface area contributed by atoms with Gasteiger partial charge in [0, 0.05) is 25.2 Å². The van der Waals surface area contributed by atoms with Gasteiger partial charge in [0.1, 0.15) is 5.82 Å². The SMILES string of the molecule is Cc1ccc(F)cc1CNc1cc(C(N)=O)ccc1N1CCCC1. The zero-order chi connectivity index (χ0) is 17.1. The molecule has 3 N–H and O–H groups in total. The number of hydrogen-bond acceptors (Lipinski definition) is 3. The molecule has 5 heteroatoms. The molecule has 0 spiro atoms. The first-order valence-corrected chi connectivity index (χ1v) is 8.22. The lowest BCUT2D eigenvalue weighted by Gasteiger charge is -2.23. The molecule has 2 aromatic carbocycles. The van der Waals surface area contributed by atoms with E-state index in [9.17, 15) is 9.18 Å².